The van der Waals surface area contributed by atoms with E-state index in [1.54, 1.807) is 0 Å². The summed E-state index contributed by atoms with van der Waals surface area (Å²) >= 11 is 0. The van der Waals surface area contributed by atoms with Crippen LogP contribution in [0, 0.1) is 11.8 Å². The lowest BCUT2D eigenvalue weighted by Crippen LogP contribution is -2.47. The molecule has 2 saturated heterocycles. The molecule has 86 valence electrons. The van der Waals surface area contributed by atoms with E-state index in [0.29, 0.717) is 18.2 Å². The van der Waals surface area contributed by atoms with Crippen molar-refractivity contribution in [3.63, 3.8) is 0 Å². The average Bonchev–Trinajstić information content (AvgIpc) is 2.52. The highest BCUT2D eigenvalue weighted by Crippen LogP contribution is 2.45. The van der Waals surface area contributed by atoms with Gasteiger partial charge in [-0.25, -0.2) is 0 Å². The van der Waals surface area contributed by atoms with E-state index >= 15 is 0 Å². The van der Waals surface area contributed by atoms with Crippen LogP contribution in [0.15, 0.2) is 0 Å². The Morgan fingerprint density at radius 1 is 1.00 bits per heavy atom. The van der Waals surface area contributed by atoms with Crippen molar-refractivity contribution in [2.24, 2.45) is 11.8 Å². The third kappa shape index (κ3) is 1.62. The zero-order chi connectivity index (χ0) is 10.4. The van der Waals surface area contributed by atoms with Crippen molar-refractivity contribution in [1.82, 2.24) is 4.90 Å². The highest BCUT2D eigenvalue weighted by Gasteiger charge is 2.49. The number of hydrogen-bond acceptors (Lipinski definition) is 2. The second-order valence-electron chi connectivity index (χ2n) is 5.87. The van der Waals surface area contributed by atoms with Crippen molar-refractivity contribution in [1.29, 1.82) is 0 Å². The van der Waals surface area contributed by atoms with Gasteiger partial charge in [-0.3, -0.25) is 4.90 Å². The van der Waals surface area contributed by atoms with E-state index < -0.39 is 0 Å². The Morgan fingerprint density at radius 3 is 2.00 bits per heavy atom. The first-order valence-corrected chi connectivity index (χ1v) is 6.65. The van der Waals surface area contributed by atoms with Gasteiger partial charge < -0.3 is 4.74 Å². The Balaban J connectivity index is 1.76. The third-order valence-corrected chi connectivity index (χ3v) is 4.74. The molecule has 15 heavy (non-hydrogen) atoms. The third-order valence-electron chi connectivity index (χ3n) is 4.74. The molecule has 1 saturated carbocycles. The second kappa shape index (κ2) is 3.74. The summed E-state index contributed by atoms with van der Waals surface area (Å²) in [6.45, 7) is 7.01. The molecule has 4 atom stereocenters. The van der Waals surface area contributed by atoms with E-state index in [4.69, 9.17) is 4.74 Å². The normalized spacial score (nSPS) is 45.8. The van der Waals surface area contributed by atoms with Crippen molar-refractivity contribution in [2.45, 2.75) is 57.8 Å². The molecule has 1 aliphatic carbocycles. The Labute approximate surface area is 93.0 Å². The minimum Gasteiger partial charge on any atom is -0.372 e. The van der Waals surface area contributed by atoms with Crippen molar-refractivity contribution < 1.29 is 4.74 Å². The van der Waals surface area contributed by atoms with Crippen LogP contribution in [0.1, 0.15) is 39.5 Å². The van der Waals surface area contributed by atoms with Crippen LogP contribution in [-0.4, -0.2) is 36.2 Å². The zero-order valence-corrected chi connectivity index (χ0v) is 9.98. The highest BCUT2D eigenvalue weighted by molar-refractivity contribution is 4.98. The Morgan fingerprint density at radius 2 is 1.53 bits per heavy atom. The molecule has 2 heteroatoms. The van der Waals surface area contributed by atoms with Gasteiger partial charge in [-0.2, -0.15) is 0 Å². The summed E-state index contributed by atoms with van der Waals surface area (Å²) in [7, 11) is 0. The summed E-state index contributed by atoms with van der Waals surface area (Å²) in [6.07, 6.45) is 6.87. The number of ether oxygens (including phenoxy) is 1. The molecule has 0 aromatic carbocycles. The molecule has 2 heterocycles. The van der Waals surface area contributed by atoms with Gasteiger partial charge in [-0.15, -0.1) is 0 Å². The molecular weight excluding hydrogens is 186 g/mol. The Kier molecular flexibility index (Phi) is 2.52. The monoisotopic (exact) mass is 209 g/mol. The standard InChI is InChI=1S/C13H23NO/c1-9(2)14-7-12-10-5-3-4-6-11(10)13(8-14)15-12/h9-13H,3-8H2,1-2H3. The van der Waals surface area contributed by atoms with Crippen LogP contribution in [0.2, 0.25) is 0 Å². The molecule has 4 unspecified atom stereocenters. The minimum absolute atomic E-state index is 0.566. The summed E-state index contributed by atoms with van der Waals surface area (Å²) in [4.78, 5) is 2.62. The van der Waals surface area contributed by atoms with Crippen LogP contribution < -0.4 is 0 Å². The quantitative estimate of drug-likeness (QED) is 0.657. The van der Waals surface area contributed by atoms with E-state index in [9.17, 15) is 0 Å². The number of hydrogen-bond donors (Lipinski definition) is 0. The molecular formula is C13H23NO. The van der Waals surface area contributed by atoms with Crippen LogP contribution in [0.5, 0.6) is 0 Å². The van der Waals surface area contributed by atoms with Gasteiger partial charge in [0.25, 0.3) is 0 Å². The molecule has 0 amide bonds. The van der Waals surface area contributed by atoms with Gasteiger partial charge in [0.15, 0.2) is 0 Å². The summed E-state index contributed by atoms with van der Waals surface area (Å²) in [5.41, 5.74) is 0. The van der Waals surface area contributed by atoms with E-state index in [-0.39, 0.29) is 0 Å². The van der Waals surface area contributed by atoms with Gasteiger partial charge in [-0.1, -0.05) is 12.8 Å². The predicted octanol–water partition coefficient (Wildman–Crippen LogP) is 2.28. The van der Waals surface area contributed by atoms with Crippen molar-refractivity contribution in [3.8, 4) is 0 Å². The summed E-state index contributed by atoms with van der Waals surface area (Å²) < 4.78 is 6.18. The molecule has 2 nitrogen and oxygen atoms in total. The molecule has 3 rings (SSSR count). The number of likely N-dealkylation sites (tertiary alicyclic amines) is 1. The maximum atomic E-state index is 6.18. The average molecular weight is 209 g/mol. The fourth-order valence-corrected chi connectivity index (χ4v) is 3.85. The lowest BCUT2D eigenvalue weighted by molar-refractivity contribution is -0.0601. The molecule has 0 radical (unpaired) electrons. The molecule has 0 aromatic rings. The first-order chi connectivity index (χ1) is 7.25. The van der Waals surface area contributed by atoms with Crippen LogP contribution in [-0.2, 0) is 4.74 Å². The predicted molar refractivity (Wildman–Crippen MR) is 60.8 cm³/mol. The Bertz CT molecular complexity index is 221. The van der Waals surface area contributed by atoms with Gasteiger partial charge in [0.2, 0.25) is 0 Å². The maximum absolute atomic E-state index is 6.18. The molecule has 3 aliphatic rings. The van der Waals surface area contributed by atoms with Gasteiger partial charge in [0.05, 0.1) is 12.2 Å². The number of rotatable bonds is 1. The van der Waals surface area contributed by atoms with Crippen LogP contribution >= 0.6 is 0 Å². The lowest BCUT2D eigenvalue weighted by atomic mass is 9.77. The summed E-state index contributed by atoms with van der Waals surface area (Å²) in [5.74, 6) is 1.79. The van der Waals surface area contributed by atoms with Crippen molar-refractivity contribution in [3.05, 3.63) is 0 Å². The smallest absolute Gasteiger partial charge is 0.0738 e. The van der Waals surface area contributed by atoms with Gasteiger partial charge in [0.1, 0.15) is 0 Å². The largest absolute Gasteiger partial charge is 0.372 e. The van der Waals surface area contributed by atoms with Gasteiger partial charge >= 0.3 is 0 Å². The zero-order valence-electron chi connectivity index (χ0n) is 9.98. The molecule has 2 aliphatic heterocycles. The SMILES string of the molecule is CC(C)N1CC2OC(C1)C1CCCCC21. The van der Waals surface area contributed by atoms with Crippen LogP contribution in [0.25, 0.3) is 0 Å². The summed E-state index contributed by atoms with van der Waals surface area (Å²) in [5, 5.41) is 0. The number of nitrogens with zero attached hydrogens (tertiary/aromatic N) is 1. The second-order valence-corrected chi connectivity index (χ2v) is 5.87. The van der Waals surface area contributed by atoms with E-state index in [2.05, 4.69) is 18.7 Å². The van der Waals surface area contributed by atoms with E-state index in [0.717, 1.165) is 11.8 Å². The Hall–Kier alpha value is -0.0800. The number of morpholine rings is 1. The van der Waals surface area contributed by atoms with Gasteiger partial charge in [0, 0.05) is 19.1 Å². The molecule has 0 N–H and O–H groups in total. The van der Waals surface area contributed by atoms with Crippen molar-refractivity contribution >= 4 is 0 Å². The van der Waals surface area contributed by atoms with E-state index in [1.165, 1.54) is 38.8 Å². The first-order valence-electron chi connectivity index (χ1n) is 6.65. The lowest BCUT2D eigenvalue weighted by Gasteiger charge is -2.35. The number of fused-ring (bicyclic) bond motifs is 5. The maximum Gasteiger partial charge on any atom is 0.0738 e. The first kappa shape index (κ1) is 10.1. The van der Waals surface area contributed by atoms with E-state index in [1.807, 2.05) is 0 Å². The highest BCUT2D eigenvalue weighted by atomic mass is 16.5. The van der Waals surface area contributed by atoms with Crippen LogP contribution in [0.3, 0.4) is 0 Å². The molecule has 3 fully saturated rings. The fourth-order valence-electron chi connectivity index (χ4n) is 3.85. The fraction of sp³-hybridized carbons (Fsp3) is 1.00. The molecule has 0 aromatic heterocycles. The van der Waals surface area contributed by atoms with Crippen molar-refractivity contribution in [2.75, 3.05) is 13.1 Å². The van der Waals surface area contributed by atoms with Gasteiger partial charge in [-0.05, 0) is 38.5 Å². The summed E-state index contributed by atoms with van der Waals surface area (Å²) in [6, 6.07) is 0.694. The molecule has 0 spiro atoms. The topological polar surface area (TPSA) is 12.5 Å². The molecule has 2 bridgehead atoms. The minimum atomic E-state index is 0.566. The van der Waals surface area contributed by atoms with Crippen LogP contribution in [0.4, 0.5) is 0 Å².